The lowest BCUT2D eigenvalue weighted by molar-refractivity contribution is -0.372. The van der Waals surface area contributed by atoms with Gasteiger partial charge >= 0.3 is 0 Å². The number of fused-ring (bicyclic) bond motifs is 5. The molecule has 0 aromatic rings. The summed E-state index contributed by atoms with van der Waals surface area (Å²) >= 11 is 0. The van der Waals surface area contributed by atoms with Gasteiger partial charge in [0.1, 0.15) is 42.7 Å². The van der Waals surface area contributed by atoms with Crippen molar-refractivity contribution in [2.45, 2.75) is 172 Å². The summed E-state index contributed by atoms with van der Waals surface area (Å²) in [4.78, 5) is 0. The Labute approximate surface area is 325 Å². The summed E-state index contributed by atoms with van der Waals surface area (Å²) in [5.41, 5.74) is -2.12. The average molecular weight is 787 g/mol. The lowest BCUT2D eigenvalue weighted by Gasteiger charge is -2.71. The molecule has 0 amide bonds. The van der Waals surface area contributed by atoms with Gasteiger partial charge in [-0.2, -0.15) is 0 Å². The second-order valence-electron chi connectivity index (χ2n) is 19.5. The van der Waals surface area contributed by atoms with Crippen molar-refractivity contribution in [2.24, 2.45) is 45.3 Å². The molecule has 14 nitrogen and oxygen atoms in total. The first-order valence-electron chi connectivity index (χ1n) is 20.6. The van der Waals surface area contributed by atoms with Crippen molar-refractivity contribution < 1.29 is 70.0 Å². The van der Waals surface area contributed by atoms with Gasteiger partial charge < -0.3 is 70.0 Å². The molecule has 0 bridgehead atoms. The fraction of sp³-hybridized carbons (Fsp3) is 0.951. The molecule has 0 spiro atoms. The lowest BCUT2D eigenvalue weighted by Crippen LogP contribution is -2.71. The van der Waals surface area contributed by atoms with E-state index in [1.807, 2.05) is 19.9 Å². The predicted molar refractivity (Wildman–Crippen MR) is 198 cm³/mol. The van der Waals surface area contributed by atoms with Gasteiger partial charge in [0.25, 0.3) is 0 Å². The van der Waals surface area contributed by atoms with Crippen LogP contribution in [-0.4, -0.2) is 151 Å². The van der Waals surface area contributed by atoms with Crippen LogP contribution in [0.15, 0.2) is 11.6 Å². The van der Waals surface area contributed by atoms with Gasteiger partial charge in [-0.15, -0.1) is 0 Å². The van der Waals surface area contributed by atoms with Crippen molar-refractivity contribution in [1.29, 1.82) is 0 Å². The van der Waals surface area contributed by atoms with Crippen LogP contribution in [0.1, 0.15) is 99.3 Å². The second kappa shape index (κ2) is 16.0. The number of hydrogen-bond donors (Lipinski definition) is 10. The summed E-state index contributed by atoms with van der Waals surface area (Å²) in [6, 6.07) is 0. The lowest BCUT2D eigenvalue weighted by atomic mass is 9.34. The van der Waals surface area contributed by atoms with Crippen LogP contribution in [0.3, 0.4) is 0 Å². The van der Waals surface area contributed by atoms with Crippen molar-refractivity contribution in [2.75, 3.05) is 26.4 Å². The molecular weight excluding hydrogens is 716 g/mol. The highest BCUT2D eigenvalue weighted by Gasteiger charge is 2.74. The number of ether oxygens (including phenoxy) is 4. The normalized spacial score (nSPS) is 51.1. The third-order valence-electron chi connectivity index (χ3n) is 16.4. The van der Waals surface area contributed by atoms with Crippen LogP contribution >= 0.6 is 0 Å². The van der Waals surface area contributed by atoms with Crippen molar-refractivity contribution in [3.63, 3.8) is 0 Å². The van der Waals surface area contributed by atoms with Crippen LogP contribution in [0.5, 0.6) is 0 Å². The highest BCUT2D eigenvalue weighted by atomic mass is 16.8. The van der Waals surface area contributed by atoms with E-state index in [-0.39, 0.29) is 48.9 Å². The summed E-state index contributed by atoms with van der Waals surface area (Å²) in [5.74, 6) is 0.0592. The SMILES string of the molecule is C/C(=C\CC[C@](C)(O)[C@H]1CC[C@]2(C)[C@@H]1CC[C@@H]1[C@@]3(C)CC[C@H](O[C@@H]4O[C@H](CO)[C@@H](O)[C@H](O)[C@H]4O[C@@H]4OC[C@H](O)[C@H](O)[C@H]4O)C(C)(C)[C@@H]3C[C@H](O)[C@]12CO)CO. The first-order valence-corrected chi connectivity index (χ1v) is 20.6. The molecule has 0 unspecified atom stereocenters. The second-order valence-corrected chi connectivity index (χ2v) is 19.5. The highest BCUT2D eigenvalue weighted by molar-refractivity contribution is 5.22. The highest BCUT2D eigenvalue weighted by Crippen LogP contribution is 2.76. The minimum atomic E-state index is -1.66. The molecule has 14 heteroatoms. The Morgan fingerprint density at radius 2 is 1.55 bits per heavy atom. The largest absolute Gasteiger partial charge is 0.396 e. The molecule has 2 heterocycles. The van der Waals surface area contributed by atoms with E-state index in [4.69, 9.17) is 18.9 Å². The molecule has 0 radical (unpaired) electrons. The first-order chi connectivity index (χ1) is 25.7. The van der Waals surface area contributed by atoms with Crippen LogP contribution < -0.4 is 0 Å². The fourth-order valence-electron chi connectivity index (χ4n) is 13.2. The molecule has 10 N–H and O–H groups in total. The number of aliphatic hydroxyl groups is 10. The van der Waals surface area contributed by atoms with Gasteiger partial charge in [-0.05, 0) is 112 Å². The molecule has 0 aromatic heterocycles. The molecule has 6 aliphatic rings. The molecular formula is C41H70O14. The Bertz CT molecular complexity index is 1360. The van der Waals surface area contributed by atoms with Gasteiger partial charge in [0.15, 0.2) is 12.6 Å². The average Bonchev–Trinajstić information content (AvgIpc) is 3.51. The Kier molecular flexibility index (Phi) is 12.7. The monoisotopic (exact) mass is 786 g/mol. The van der Waals surface area contributed by atoms with E-state index in [2.05, 4.69) is 27.7 Å². The van der Waals surface area contributed by atoms with Gasteiger partial charge in [-0.3, -0.25) is 0 Å². The molecule has 0 aromatic carbocycles. The Morgan fingerprint density at radius 3 is 2.20 bits per heavy atom. The van der Waals surface area contributed by atoms with E-state index in [1.54, 1.807) is 0 Å². The molecule has 6 fully saturated rings. The minimum Gasteiger partial charge on any atom is -0.396 e. The number of hydrogen-bond acceptors (Lipinski definition) is 14. The van der Waals surface area contributed by atoms with Gasteiger partial charge in [-0.1, -0.05) is 39.3 Å². The van der Waals surface area contributed by atoms with Crippen molar-refractivity contribution >= 4 is 0 Å². The number of aliphatic hydroxyl groups excluding tert-OH is 9. The Balaban J connectivity index is 1.24. The van der Waals surface area contributed by atoms with Crippen LogP contribution in [0.2, 0.25) is 0 Å². The zero-order valence-electron chi connectivity index (χ0n) is 33.5. The van der Waals surface area contributed by atoms with Crippen LogP contribution in [0.25, 0.3) is 0 Å². The van der Waals surface area contributed by atoms with Crippen molar-refractivity contribution in [1.82, 2.24) is 0 Å². The number of allylic oxidation sites excluding steroid dienone is 1. The van der Waals surface area contributed by atoms with Gasteiger partial charge in [0, 0.05) is 5.41 Å². The van der Waals surface area contributed by atoms with E-state index in [1.165, 1.54) is 0 Å². The Morgan fingerprint density at radius 1 is 0.836 bits per heavy atom. The maximum absolute atomic E-state index is 12.5. The van der Waals surface area contributed by atoms with Crippen LogP contribution in [0.4, 0.5) is 0 Å². The molecule has 2 saturated heterocycles. The van der Waals surface area contributed by atoms with E-state index >= 15 is 0 Å². The zero-order valence-corrected chi connectivity index (χ0v) is 33.5. The topological polar surface area (TPSA) is 239 Å². The van der Waals surface area contributed by atoms with Crippen molar-refractivity contribution in [3.8, 4) is 0 Å². The summed E-state index contributed by atoms with van der Waals surface area (Å²) in [7, 11) is 0. The third-order valence-corrected chi connectivity index (χ3v) is 16.4. The maximum atomic E-state index is 12.5. The fourth-order valence-corrected chi connectivity index (χ4v) is 13.2. The van der Waals surface area contributed by atoms with E-state index in [9.17, 15) is 51.1 Å². The summed E-state index contributed by atoms with van der Waals surface area (Å²) in [6.07, 6.45) is -6.28. The Hall–Kier alpha value is -0.820. The van der Waals surface area contributed by atoms with Crippen molar-refractivity contribution in [3.05, 3.63) is 11.6 Å². The zero-order chi connectivity index (χ0) is 40.5. The minimum absolute atomic E-state index is 0.00614. The van der Waals surface area contributed by atoms with E-state index < -0.39 is 96.0 Å². The molecule has 19 atom stereocenters. The number of rotatable bonds is 11. The smallest absolute Gasteiger partial charge is 0.187 e. The predicted octanol–water partition coefficient (Wildman–Crippen LogP) is 0.733. The van der Waals surface area contributed by atoms with Crippen LogP contribution in [-0.2, 0) is 18.9 Å². The quantitative estimate of drug-likeness (QED) is 0.103. The van der Waals surface area contributed by atoms with E-state index in [0.29, 0.717) is 32.1 Å². The molecule has 4 aliphatic carbocycles. The van der Waals surface area contributed by atoms with Gasteiger partial charge in [-0.25, -0.2) is 0 Å². The van der Waals surface area contributed by atoms with Gasteiger partial charge in [0.2, 0.25) is 0 Å². The molecule has 55 heavy (non-hydrogen) atoms. The summed E-state index contributed by atoms with van der Waals surface area (Å²) < 4.78 is 24.1. The molecule has 4 saturated carbocycles. The maximum Gasteiger partial charge on any atom is 0.187 e. The van der Waals surface area contributed by atoms with Gasteiger partial charge in [0.05, 0.1) is 44.2 Å². The summed E-state index contributed by atoms with van der Waals surface area (Å²) in [5, 5.41) is 108. The summed E-state index contributed by atoms with van der Waals surface area (Å²) in [6.45, 7) is 11.4. The van der Waals surface area contributed by atoms with Crippen LogP contribution in [0, 0.1) is 45.3 Å². The first kappa shape index (κ1) is 43.8. The molecule has 318 valence electrons. The molecule has 6 rings (SSSR count). The standard InChI is InChI=1S/C41H70O14/c1-21(17-42)8-7-13-40(6,51)23-11-15-39(5)22(23)9-10-26-38(4)14-12-29(37(2,3)27(38)16-28(46)41(26,39)20-44)54-36-34(32(49)31(48)25(18-43)53-36)55-35-33(50)30(47)24(45)19-52-35/h8,22-36,42-51H,7,9-20H2,1-6H3/b21-8+/t22-,23+,24+,25-,26-,27+,28+,29+,30+,31-,32+,33-,34-,35+,36+,38-,39-,40+,41+/m1/s1. The van der Waals surface area contributed by atoms with E-state index in [0.717, 1.165) is 31.3 Å². The third kappa shape index (κ3) is 7.09. The molecule has 2 aliphatic heterocycles.